The molecule has 0 saturated heterocycles. The summed E-state index contributed by atoms with van der Waals surface area (Å²) in [7, 11) is 0. The second kappa shape index (κ2) is 8.32. The Kier molecular flexibility index (Phi) is 6.94. The molecule has 0 fully saturated rings. The third-order valence-corrected chi connectivity index (χ3v) is 14.3. The molecule has 0 aromatic heterocycles. The molecule has 0 amide bonds. The first-order valence-corrected chi connectivity index (χ1v) is 14.1. The van der Waals surface area contributed by atoms with Crippen molar-refractivity contribution in [3.63, 3.8) is 0 Å². The van der Waals surface area contributed by atoms with Crippen molar-refractivity contribution in [2.24, 2.45) is 0 Å². The number of rotatable bonds is 0. The Hall–Kier alpha value is 0.693. The molecule has 0 radical (unpaired) electrons. The molecule has 0 saturated carbocycles. The molecule has 1 heterocycles. The van der Waals surface area contributed by atoms with Crippen molar-refractivity contribution in [1.82, 2.24) is 0 Å². The Balaban J connectivity index is 0.00000112. The van der Waals surface area contributed by atoms with Crippen molar-refractivity contribution in [1.29, 1.82) is 0 Å². The average molecular weight is 636 g/mol. The zero-order chi connectivity index (χ0) is 18.3. The number of hydrogen-bond donors (Lipinski definition) is 0. The predicted octanol–water partition coefficient (Wildman–Crippen LogP) is 2.00. The third-order valence-electron chi connectivity index (χ3n) is 5.76. The van der Waals surface area contributed by atoms with Crippen molar-refractivity contribution >= 4 is 55.8 Å². The van der Waals surface area contributed by atoms with Crippen molar-refractivity contribution in [2.45, 2.75) is 44.7 Å². The molecule has 28 heavy (non-hydrogen) atoms. The van der Waals surface area contributed by atoms with Crippen LogP contribution in [-0.2, 0) is 23.2 Å². The predicted molar refractivity (Wildman–Crippen MR) is 115 cm³/mol. The molecule has 0 spiro atoms. The van der Waals surface area contributed by atoms with E-state index in [1.54, 1.807) is 22.3 Å². The molecule has 5 rings (SSSR count). The van der Waals surface area contributed by atoms with Gasteiger partial charge in [0.25, 0.3) is 0 Å². The number of allylic oxidation sites excluding steroid dienone is 2. The van der Waals surface area contributed by atoms with E-state index in [1.165, 1.54) is 41.0 Å². The van der Waals surface area contributed by atoms with Gasteiger partial charge in [0, 0.05) is 0 Å². The Bertz CT molecular complexity index is 992. The largest absolute Gasteiger partial charge is 1.00 e. The zero-order valence-corrected chi connectivity index (χ0v) is 23.8. The second-order valence-corrected chi connectivity index (χ2v) is 13.9. The van der Waals surface area contributed by atoms with Gasteiger partial charge in [0.1, 0.15) is 0 Å². The Morgan fingerprint density at radius 3 is 1.54 bits per heavy atom. The fourth-order valence-electron chi connectivity index (χ4n) is 4.43. The van der Waals surface area contributed by atoms with E-state index in [0.29, 0.717) is 7.25 Å². The van der Waals surface area contributed by atoms with Gasteiger partial charge in [-0.3, -0.25) is 0 Å². The van der Waals surface area contributed by atoms with Crippen LogP contribution in [0.5, 0.6) is 0 Å². The van der Waals surface area contributed by atoms with Crippen molar-refractivity contribution in [3.05, 3.63) is 65.6 Å². The smallest absolute Gasteiger partial charge is 1.00 e. The monoisotopic (exact) mass is 632 g/mol. The molecule has 2 aromatic rings. The van der Waals surface area contributed by atoms with Crippen LogP contribution < -0.4 is 24.8 Å². The first-order valence-electron chi connectivity index (χ1n) is 8.83. The van der Waals surface area contributed by atoms with Crippen LogP contribution >= 0.6 is 43.6 Å². The molecule has 1 aliphatic heterocycles. The second-order valence-electron chi connectivity index (χ2n) is 7.58. The summed E-state index contributed by atoms with van der Waals surface area (Å²) in [6.07, 6.45) is 4.95. The van der Waals surface area contributed by atoms with Crippen LogP contribution in [0.3, 0.4) is 0 Å². The van der Waals surface area contributed by atoms with Crippen LogP contribution in [0.15, 0.2) is 42.0 Å². The van der Waals surface area contributed by atoms with Gasteiger partial charge in [-0.15, -0.1) is 0 Å². The summed E-state index contributed by atoms with van der Waals surface area (Å²) in [5, 5.41) is 0. The van der Waals surface area contributed by atoms with Crippen molar-refractivity contribution < 1.29 is 48.0 Å². The molecule has 2 atom stereocenters. The molecule has 8 bridgehead atoms. The van der Waals surface area contributed by atoms with Crippen LogP contribution in [0.25, 0.3) is 12.2 Å². The Labute approximate surface area is 212 Å². The minimum Gasteiger partial charge on any atom is -1.00 e. The fraction of sp³-hybridized carbons (Fsp3) is 0.273. The summed E-state index contributed by atoms with van der Waals surface area (Å²) in [6, 6.07) is 4.75. The summed E-state index contributed by atoms with van der Waals surface area (Å²) in [4.78, 5) is 2.84. The van der Waals surface area contributed by atoms with E-state index in [1.807, 2.05) is 11.8 Å². The van der Waals surface area contributed by atoms with Gasteiger partial charge in [0.15, 0.2) is 0 Å². The van der Waals surface area contributed by atoms with Crippen LogP contribution in [0.2, 0.25) is 0 Å². The molecule has 6 heteroatoms. The van der Waals surface area contributed by atoms with E-state index in [0.717, 1.165) is 0 Å². The van der Waals surface area contributed by atoms with Crippen LogP contribution in [-0.4, -0.2) is 0 Å². The van der Waals surface area contributed by atoms with Crippen LogP contribution in [0.4, 0.5) is 0 Å². The number of halogens is 4. The normalized spacial score (nSPS) is 20.2. The van der Waals surface area contributed by atoms with Gasteiger partial charge < -0.3 is 24.8 Å². The number of benzene rings is 2. The van der Waals surface area contributed by atoms with Gasteiger partial charge in [-0.1, -0.05) is 0 Å². The Morgan fingerprint density at radius 1 is 0.750 bits per heavy atom. The maximum atomic E-state index is 3.95. The van der Waals surface area contributed by atoms with E-state index in [2.05, 4.69) is 83.8 Å². The quantitative estimate of drug-likeness (QED) is 0.427. The average Bonchev–Trinajstić information content (AvgIpc) is 3.08. The fourth-order valence-corrected chi connectivity index (χ4v) is 12.7. The van der Waals surface area contributed by atoms with E-state index >= 15 is 0 Å². The van der Waals surface area contributed by atoms with Crippen LogP contribution in [0, 0.1) is 13.8 Å². The molecule has 144 valence electrons. The number of aryl methyl sites for hydroxylation is 2. The van der Waals surface area contributed by atoms with E-state index in [-0.39, 0.29) is 24.8 Å². The molecule has 3 aliphatic rings. The summed E-state index contributed by atoms with van der Waals surface area (Å²) in [5.41, 5.74) is 12.0. The van der Waals surface area contributed by atoms with E-state index in [9.17, 15) is 0 Å². The molecule has 2 unspecified atom stereocenters. The van der Waals surface area contributed by atoms with Crippen molar-refractivity contribution in [3.8, 4) is 0 Å². The van der Waals surface area contributed by atoms with Gasteiger partial charge in [-0.2, -0.15) is 0 Å². The number of hydrogen-bond acceptors (Lipinski definition) is 1. The zero-order valence-electron chi connectivity index (χ0n) is 15.9. The minimum absolute atomic E-state index is 0. The molecule has 2 aliphatic carbocycles. The van der Waals surface area contributed by atoms with Crippen LogP contribution in [0.1, 0.15) is 54.5 Å². The van der Waals surface area contributed by atoms with Gasteiger partial charge in [0.2, 0.25) is 0 Å². The Morgan fingerprint density at radius 2 is 1.14 bits per heavy atom. The molecule has 0 nitrogen and oxygen atoms in total. The molecular weight excluding hydrogens is 618 g/mol. The summed E-state index contributed by atoms with van der Waals surface area (Å²) in [6.45, 7) is 9.19. The third kappa shape index (κ3) is 3.33. The maximum Gasteiger partial charge on any atom is -1.00 e. The van der Waals surface area contributed by atoms with E-state index in [4.69, 9.17) is 0 Å². The minimum atomic E-state index is -0.769. The van der Waals surface area contributed by atoms with Gasteiger partial charge in [0.05, 0.1) is 0 Å². The summed E-state index contributed by atoms with van der Waals surface area (Å²) in [5.74, 6) is 0. The first kappa shape index (κ1) is 23.4. The summed E-state index contributed by atoms with van der Waals surface area (Å²) < 4.78 is 4.01. The first-order chi connectivity index (χ1) is 12.4. The van der Waals surface area contributed by atoms with Gasteiger partial charge >= 0.3 is 189 Å². The van der Waals surface area contributed by atoms with E-state index < -0.39 is 23.2 Å². The van der Waals surface area contributed by atoms with Gasteiger partial charge in [-0.25, -0.2) is 0 Å². The SMILES string of the molecule is CC1=Cc2c3cc(C)c(Br)c2[CH]1[Zr+2][CH]1C(C)=Cc2c(cc(C)c(Br)c21)S3.[Cl-].[Cl-]. The van der Waals surface area contributed by atoms with Gasteiger partial charge in [-0.05, 0) is 0 Å². The molecule has 0 N–H and O–H groups in total. The maximum absolute atomic E-state index is 3.95. The van der Waals surface area contributed by atoms with Crippen molar-refractivity contribution in [2.75, 3.05) is 0 Å². The topological polar surface area (TPSA) is 0 Å². The summed E-state index contributed by atoms with van der Waals surface area (Å²) >= 11 is 9.08. The standard InChI is InChI=1S/C22H18Br2S.2ClH.Zr/c1-11-5-15-17(7-11)21(23)13(3)9-19(15)25-20-10-14(4)22(24)18-8-12(2)6-16(18)20;;;/h5-10H,1-4H3;2*1H;/q;;;+2/p-2. The molecular formula is C22H18Br2Cl2SZr. The molecule has 2 aromatic carbocycles.